The number of nitrogens with zero attached hydrogens (tertiary/aromatic N) is 2. The standard InChI is InChI=1S/C16H17IN2O2/c17-14-6-10-9-19(11-2-1-3-12(20)7-11)18-15(10)8-16(14)21-13-4-5-13/h6,8-9,11,13H,1-5,7H2. The van der Waals surface area contributed by atoms with Gasteiger partial charge in [-0.25, -0.2) is 0 Å². The summed E-state index contributed by atoms with van der Waals surface area (Å²) < 4.78 is 9.04. The minimum Gasteiger partial charge on any atom is -0.489 e. The van der Waals surface area contributed by atoms with Crippen LogP contribution in [0.25, 0.3) is 10.9 Å². The van der Waals surface area contributed by atoms with E-state index >= 15 is 0 Å². The van der Waals surface area contributed by atoms with Crippen LogP contribution in [-0.4, -0.2) is 21.7 Å². The molecule has 0 spiro atoms. The van der Waals surface area contributed by atoms with Crippen molar-refractivity contribution in [1.29, 1.82) is 0 Å². The van der Waals surface area contributed by atoms with Crippen molar-refractivity contribution in [1.82, 2.24) is 9.78 Å². The zero-order valence-corrected chi connectivity index (χ0v) is 13.9. The molecule has 4 rings (SSSR count). The van der Waals surface area contributed by atoms with E-state index in [4.69, 9.17) is 4.74 Å². The fourth-order valence-corrected chi connectivity index (χ4v) is 3.53. The Morgan fingerprint density at radius 3 is 2.90 bits per heavy atom. The Bertz CT molecular complexity index is 706. The van der Waals surface area contributed by atoms with Crippen LogP contribution in [0.2, 0.25) is 0 Å². The molecule has 2 aromatic rings. The molecule has 0 N–H and O–H groups in total. The molecule has 0 radical (unpaired) electrons. The Morgan fingerprint density at radius 1 is 1.29 bits per heavy atom. The van der Waals surface area contributed by atoms with Gasteiger partial charge in [-0.15, -0.1) is 0 Å². The summed E-state index contributed by atoms with van der Waals surface area (Å²) >= 11 is 2.32. The van der Waals surface area contributed by atoms with Gasteiger partial charge in [-0.1, -0.05) is 0 Å². The van der Waals surface area contributed by atoms with E-state index in [0.717, 1.165) is 52.3 Å². The number of rotatable bonds is 3. The van der Waals surface area contributed by atoms with Crippen LogP contribution in [-0.2, 0) is 4.79 Å². The number of halogens is 1. The summed E-state index contributed by atoms with van der Waals surface area (Å²) in [4.78, 5) is 11.6. The minimum absolute atomic E-state index is 0.226. The fraction of sp³-hybridized carbons (Fsp3) is 0.500. The summed E-state index contributed by atoms with van der Waals surface area (Å²) in [5.41, 5.74) is 0.962. The number of ether oxygens (including phenoxy) is 1. The van der Waals surface area contributed by atoms with Gasteiger partial charge in [0, 0.05) is 30.5 Å². The van der Waals surface area contributed by atoms with Crippen LogP contribution in [0.15, 0.2) is 18.3 Å². The second-order valence-electron chi connectivity index (χ2n) is 6.06. The van der Waals surface area contributed by atoms with E-state index in [2.05, 4.69) is 40.0 Å². The third-order valence-corrected chi connectivity index (χ3v) is 5.07. The SMILES string of the molecule is O=C1CCCC(n2cc3cc(I)c(OC4CC4)cc3n2)C1. The summed E-state index contributed by atoms with van der Waals surface area (Å²) in [6, 6.07) is 4.39. The molecule has 2 aliphatic carbocycles. The highest BCUT2D eigenvalue weighted by atomic mass is 127. The number of fused-ring (bicyclic) bond motifs is 1. The van der Waals surface area contributed by atoms with Crippen LogP contribution < -0.4 is 4.74 Å². The molecule has 2 aliphatic rings. The number of hydrogen-bond acceptors (Lipinski definition) is 3. The first-order chi connectivity index (χ1) is 10.2. The monoisotopic (exact) mass is 396 g/mol. The Balaban J connectivity index is 1.66. The lowest BCUT2D eigenvalue weighted by Crippen LogP contribution is -2.19. The van der Waals surface area contributed by atoms with Crippen LogP contribution >= 0.6 is 22.6 Å². The second kappa shape index (κ2) is 5.26. The van der Waals surface area contributed by atoms with E-state index in [1.165, 1.54) is 0 Å². The van der Waals surface area contributed by atoms with Gasteiger partial charge < -0.3 is 4.74 Å². The van der Waals surface area contributed by atoms with Gasteiger partial charge in [0.15, 0.2) is 0 Å². The molecule has 1 aromatic heterocycles. The van der Waals surface area contributed by atoms with Crippen molar-refractivity contribution in [3.05, 3.63) is 21.9 Å². The predicted molar refractivity (Wildman–Crippen MR) is 88.6 cm³/mol. The number of Topliss-reactive ketones (excluding diaryl/α,β-unsaturated/α-hetero) is 1. The molecule has 0 bridgehead atoms. The largest absolute Gasteiger partial charge is 0.489 e. The molecule has 2 fully saturated rings. The normalized spacial score (nSPS) is 22.7. The lowest BCUT2D eigenvalue weighted by atomic mass is 9.94. The third-order valence-electron chi connectivity index (χ3n) is 4.22. The Labute approximate surface area is 137 Å². The van der Waals surface area contributed by atoms with E-state index < -0.39 is 0 Å². The molecule has 5 heteroatoms. The second-order valence-corrected chi connectivity index (χ2v) is 7.22. The van der Waals surface area contributed by atoms with Crippen LogP contribution in [0.4, 0.5) is 0 Å². The number of carbonyl (C=O) groups is 1. The van der Waals surface area contributed by atoms with Gasteiger partial charge in [0.25, 0.3) is 0 Å². The molecule has 1 aromatic carbocycles. The quantitative estimate of drug-likeness (QED) is 0.741. The molecular formula is C16H17IN2O2. The summed E-state index contributed by atoms with van der Waals surface area (Å²) in [6.45, 7) is 0. The zero-order valence-electron chi connectivity index (χ0n) is 11.7. The first-order valence-electron chi connectivity index (χ1n) is 7.56. The average Bonchev–Trinajstić information content (AvgIpc) is 3.18. The molecule has 21 heavy (non-hydrogen) atoms. The van der Waals surface area contributed by atoms with Crippen molar-refractivity contribution in [2.45, 2.75) is 50.7 Å². The summed E-state index contributed by atoms with van der Waals surface area (Å²) in [5.74, 6) is 1.30. The summed E-state index contributed by atoms with van der Waals surface area (Å²) in [5, 5.41) is 5.81. The molecular weight excluding hydrogens is 379 g/mol. The number of hydrogen-bond donors (Lipinski definition) is 0. The molecule has 1 atom stereocenters. The average molecular weight is 396 g/mol. The highest BCUT2D eigenvalue weighted by Gasteiger charge is 2.25. The number of carbonyl (C=O) groups excluding carboxylic acids is 1. The third kappa shape index (κ3) is 2.80. The van der Waals surface area contributed by atoms with Crippen molar-refractivity contribution >= 4 is 39.3 Å². The molecule has 4 nitrogen and oxygen atoms in total. The number of ketones is 1. The predicted octanol–water partition coefficient (Wildman–Crippen LogP) is 3.87. The first-order valence-corrected chi connectivity index (χ1v) is 8.64. The van der Waals surface area contributed by atoms with E-state index in [1.54, 1.807) is 0 Å². The van der Waals surface area contributed by atoms with Gasteiger partial charge >= 0.3 is 0 Å². The van der Waals surface area contributed by atoms with Crippen molar-refractivity contribution in [2.75, 3.05) is 0 Å². The lowest BCUT2D eigenvalue weighted by Gasteiger charge is -2.20. The van der Waals surface area contributed by atoms with Crippen molar-refractivity contribution in [3.63, 3.8) is 0 Å². The highest BCUT2D eigenvalue weighted by molar-refractivity contribution is 14.1. The van der Waals surface area contributed by atoms with Gasteiger partial charge in [0.05, 0.1) is 21.2 Å². The molecule has 0 aliphatic heterocycles. The van der Waals surface area contributed by atoms with Gasteiger partial charge in [0.2, 0.25) is 0 Å². The topological polar surface area (TPSA) is 44.1 Å². The van der Waals surface area contributed by atoms with E-state index in [0.29, 0.717) is 18.3 Å². The molecule has 110 valence electrons. The molecule has 0 amide bonds. The summed E-state index contributed by atoms with van der Waals surface area (Å²) in [7, 11) is 0. The smallest absolute Gasteiger partial charge is 0.135 e. The number of aromatic nitrogens is 2. The van der Waals surface area contributed by atoms with E-state index in [9.17, 15) is 4.79 Å². The fourth-order valence-electron chi connectivity index (χ4n) is 2.91. The van der Waals surface area contributed by atoms with Crippen LogP contribution in [0.5, 0.6) is 5.75 Å². The van der Waals surface area contributed by atoms with Crippen LogP contribution in [0, 0.1) is 3.57 Å². The molecule has 1 unspecified atom stereocenters. The Morgan fingerprint density at radius 2 is 2.14 bits per heavy atom. The summed E-state index contributed by atoms with van der Waals surface area (Å²) in [6.07, 6.45) is 8.16. The maximum Gasteiger partial charge on any atom is 0.135 e. The van der Waals surface area contributed by atoms with Crippen molar-refractivity contribution in [3.8, 4) is 5.75 Å². The van der Waals surface area contributed by atoms with Gasteiger partial charge in [-0.2, -0.15) is 5.10 Å². The molecule has 1 heterocycles. The van der Waals surface area contributed by atoms with Crippen molar-refractivity contribution < 1.29 is 9.53 Å². The molecule has 0 saturated heterocycles. The highest BCUT2D eigenvalue weighted by Crippen LogP contribution is 2.34. The van der Waals surface area contributed by atoms with Crippen molar-refractivity contribution in [2.24, 2.45) is 0 Å². The Kier molecular flexibility index (Phi) is 3.40. The number of benzene rings is 1. The van der Waals surface area contributed by atoms with Gasteiger partial charge in [0.1, 0.15) is 11.5 Å². The first kappa shape index (κ1) is 13.5. The lowest BCUT2D eigenvalue weighted by molar-refractivity contribution is -0.121. The maximum absolute atomic E-state index is 11.6. The minimum atomic E-state index is 0.226. The zero-order chi connectivity index (χ0) is 14.4. The van der Waals surface area contributed by atoms with Gasteiger partial charge in [-0.05, 0) is 54.3 Å². The Hall–Kier alpha value is -1.11. The van der Waals surface area contributed by atoms with E-state index in [1.807, 2.05) is 10.7 Å². The van der Waals surface area contributed by atoms with Crippen LogP contribution in [0.1, 0.15) is 44.6 Å². The van der Waals surface area contributed by atoms with Gasteiger partial charge in [-0.3, -0.25) is 9.48 Å². The van der Waals surface area contributed by atoms with Crippen LogP contribution in [0.3, 0.4) is 0 Å². The van der Waals surface area contributed by atoms with E-state index in [-0.39, 0.29) is 6.04 Å². The maximum atomic E-state index is 11.6. The molecule has 2 saturated carbocycles.